The average molecular weight is 515 g/mol. The van der Waals surface area contributed by atoms with Gasteiger partial charge in [-0.2, -0.15) is 8.42 Å². The normalized spacial score (nSPS) is 15.3. The van der Waals surface area contributed by atoms with Crippen LogP contribution in [0.3, 0.4) is 0 Å². The second-order valence-corrected chi connectivity index (χ2v) is 13.7. The summed E-state index contributed by atoms with van der Waals surface area (Å²) in [5.41, 5.74) is 0. The molecule has 0 aromatic rings. The van der Waals surface area contributed by atoms with Gasteiger partial charge in [-0.3, -0.25) is 13.9 Å². The number of hydrogen-bond acceptors (Lipinski definition) is 5. The lowest BCUT2D eigenvalue weighted by molar-refractivity contribution is -0.870. The van der Waals surface area contributed by atoms with Crippen LogP contribution in [-0.4, -0.2) is 73.8 Å². The van der Waals surface area contributed by atoms with E-state index in [-0.39, 0.29) is 13.0 Å². The molecule has 0 aliphatic heterocycles. The van der Waals surface area contributed by atoms with E-state index in [1.807, 2.05) is 21.1 Å². The molecule has 0 aromatic carbocycles. The van der Waals surface area contributed by atoms with Gasteiger partial charge in [-0.05, 0) is 6.42 Å². The summed E-state index contributed by atoms with van der Waals surface area (Å²) in [6.07, 6.45) is 12.7. The molecule has 0 aliphatic rings. The van der Waals surface area contributed by atoms with E-state index >= 15 is 0 Å². The molecule has 0 aromatic heterocycles. The zero-order chi connectivity index (χ0) is 25.4. The van der Waals surface area contributed by atoms with E-state index in [1.165, 1.54) is 44.9 Å². The number of carbonyl (C=O) groups is 1. The van der Waals surface area contributed by atoms with Gasteiger partial charge in [0.15, 0.2) is 5.78 Å². The molecule has 0 amide bonds. The highest BCUT2D eigenvalue weighted by Gasteiger charge is 2.32. The van der Waals surface area contributed by atoms with E-state index in [9.17, 15) is 27.2 Å². The van der Waals surface area contributed by atoms with Gasteiger partial charge in [-0.25, -0.2) is 0 Å². The Morgan fingerprint density at radius 2 is 1.36 bits per heavy atom. The SMILES string of the molecule is CCCCCCCCCCCCCCC(C(=O)CCP(=O)(O)OCC[N+](C)(C)C)S(=O)(=O)O. The topological polar surface area (TPSA) is 118 Å². The molecule has 0 bridgehead atoms. The second-order valence-electron chi connectivity index (χ2n) is 10.1. The van der Waals surface area contributed by atoms with Gasteiger partial charge in [-0.15, -0.1) is 0 Å². The molecule has 0 saturated carbocycles. The highest BCUT2D eigenvalue weighted by Crippen LogP contribution is 2.42. The van der Waals surface area contributed by atoms with Crippen molar-refractivity contribution in [1.82, 2.24) is 0 Å². The first-order valence-corrected chi connectivity index (χ1v) is 15.8. The maximum Gasteiger partial charge on any atom is 0.328 e. The smallest absolute Gasteiger partial charge is 0.328 e. The van der Waals surface area contributed by atoms with Crippen molar-refractivity contribution in [3.63, 3.8) is 0 Å². The molecule has 0 saturated heterocycles. The number of Topliss-reactive ketones (excluding diaryl/α,β-unsaturated/α-hetero) is 1. The summed E-state index contributed by atoms with van der Waals surface area (Å²) in [5, 5.41) is -1.54. The van der Waals surface area contributed by atoms with Crippen molar-refractivity contribution in [3.05, 3.63) is 0 Å². The number of unbranched alkanes of at least 4 members (excludes halogenated alkanes) is 11. The minimum Gasteiger partial charge on any atom is -0.329 e. The number of rotatable bonds is 22. The van der Waals surface area contributed by atoms with Crippen LogP contribution in [0.1, 0.15) is 96.8 Å². The summed E-state index contributed by atoms with van der Waals surface area (Å²) < 4.78 is 50.5. The first-order chi connectivity index (χ1) is 15.3. The number of carbonyl (C=O) groups excluding carboxylic acids is 1. The van der Waals surface area contributed by atoms with Crippen molar-refractivity contribution in [2.45, 2.75) is 102 Å². The fourth-order valence-corrected chi connectivity index (χ4v) is 5.49. The highest BCUT2D eigenvalue weighted by atomic mass is 32.2. The molecular weight excluding hydrogens is 465 g/mol. The molecule has 10 heteroatoms. The Labute approximate surface area is 202 Å². The van der Waals surface area contributed by atoms with E-state index in [1.54, 1.807) is 0 Å². The van der Waals surface area contributed by atoms with E-state index in [0.717, 1.165) is 25.7 Å². The van der Waals surface area contributed by atoms with Crippen LogP contribution in [0.2, 0.25) is 0 Å². The Hall–Kier alpha value is -0.310. The van der Waals surface area contributed by atoms with Crippen molar-refractivity contribution < 1.29 is 36.2 Å². The van der Waals surface area contributed by atoms with Gasteiger partial charge in [0, 0.05) is 6.42 Å². The summed E-state index contributed by atoms with van der Waals surface area (Å²) in [7, 11) is -2.78. The van der Waals surface area contributed by atoms with Crippen molar-refractivity contribution in [1.29, 1.82) is 0 Å². The van der Waals surface area contributed by atoms with E-state index in [0.29, 0.717) is 17.4 Å². The first-order valence-electron chi connectivity index (χ1n) is 12.5. The molecule has 198 valence electrons. The van der Waals surface area contributed by atoms with Gasteiger partial charge in [0.2, 0.25) is 0 Å². The first kappa shape index (κ1) is 32.7. The molecule has 2 unspecified atom stereocenters. The Morgan fingerprint density at radius 1 is 0.909 bits per heavy atom. The van der Waals surface area contributed by atoms with E-state index < -0.39 is 41.3 Å². The van der Waals surface area contributed by atoms with Crippen LogP contribution in [-0.2, 0) is 24.0 Å². The van der Waals surface area contributed by atoms with Crippen molar-refractivity contribution >= 4 is 23.5 Å². The summed E-state index contributed by atoms with van der Waals surface area (Å²) >= 11 is 0. The maximum absolute atomic E-state index is 12.4. The summed E-state index contributed by atoms with van der Waals surface area (Å²) in [4.78, 5) is 22.3. The van der Waals surface area contributed by atoms with Gasteiger partial charge >= 0.3 is 7.60 Å². The Kier molecular flexibility index (Phi) is 17.0. The number of likely N-dealkylation sites (N-methyl/N-ethyl adjacent to an activating group) is 1. The molecule has 0 aliphatic carbocycles. The minimum atomic E-state index is -4.55. The second kappa shape index (κ2) is 17.2. The molecular formula is C23H49NO7PS+. The van der Waals surface area contributed by atoms with Gasteiger partial charge in [-0.1, -0.05) is 84.0 Å². The van der Waals surface area contributed by atoms with Crippen molar-refractivity contribution in [2.75, 3.05) is 40.5 Å². The third kappa shape index (κ3) is 19.7. The molecule has 0 rings (SSSR count). The van der Waals surface area contributed by atoms with Gasteiger partial charge in [0.1, 0.15) is 18.4 Å². The van der Waals surface area contributed by atoms with Gasteiger partial charge < -0.3 is 13.9 Å². The maximum atomic E-state index is 12.4. The van der Waals surface area contributed by atoms with Crippen LogP contribution in [0, 0.1) is 0 Å². The fraction of sp³-hybridized carbons (Fsp3) is 0.957. The predicted molar refractivity (Wildman–Crippen MR) is 134 cm³/mol. The summed E-state index contributed by atoms with van der Waals surface area (Å²) in [5.74, 6) is -0.731. The molecule has 0 fully saturated rings. The van der Waals surface area contributed by atoms with Crippen LogP contribution in [0.4, 0.5) is 0 Å². The van der Waals surface area contributed by atoms with Gasteiger partial charge in [0.25, 0.3) is 10.1 Å². The predicted octanol–water partition coefficient (Wildman–Crippen LogP) is 5.20. The van der Waals surface area contributed by atoms with E-state index in [2.05, 4.69) is 6.92 Å². The standard InChI is InChI=1S/C23H48NO7PS/c1-5-6-7-8-9-10-11-12-13-14-15-16-17-23(33(28,29)30)22(25)18-21-32(26,27)31-20-19-24(2,3)4/h23H,5-21H2,1-4H3,(H-,26,27,28,29,30)/p+1. The molecule has 8 nitrogen and oxygen atoms in total. The molecule has 0 heterocycles. The Bertz CT molecular complexity index is 677. The fourth-order valence-electron chi connectivity index (χ4n) is 3.58. The van der Waals surface area contributed by atoms with Crippen LogP contribution in [0.25, 0.3) is 0 Å². The third-order valence-corrected chi connectivity index (χ3v) is 8.33. The van der Waals surface area contributed by atoms with Crippen LogP contribution in [0.15, 0.2) is 0 Å². The monoisotopic (exact) mass is 514 g/mol. The molecule has 0 radical (unpaired) electrons. The minimum absolute atomic E-state index is 0.0349. The van der Waals surface area contributed by atoms with Crippen molar-refractivity contribution in [3.8, 4) is 0 Å². The quantitative estimate of drug-likeness (QED) is 0.0882. The Balaban J connectivity index is 4.18. The number of ketones is 1. The van der Waals surface area contributed by atoms with E-state index in [4.69, 9.17) is 4.52 Å². The van der Waals surface area contributed by atoms with Crippen LogP contribution in [0.5, 0.6) is 0 Å². The highest BCUT2D eigenvalue weighted by molar-refractivity contribution is 7.87. The largest absolute Gasteiger partial charge is 0.329 e. The summed E-state index contributed by atoms with van der Waals surface area (Å²) in [6.45, 7) is 2.79. The molecule has 0 spiro atoms. The lowest BCUT2D eigenvalue weighted by Crippen LogP contribution is -2.37. The molecule has 33 heavy (non-hydrogen) atoms. The third-order valence-electron chi connectivity index (χ3n) is 5.73. The van der Waals surface area contributed by atoms with Crippen molar-refractivity contribution in [2.24, 2.45) is 0 Å². The van der Waals surface area contributed by atoms with Crippen LogP contribution < -0.4 is 0 Å². The number of quaternary nitrogens is 1. The molecule has 2 atom stereocenters. The molecule has 2 N–H and O–H groups in total. The lowest BCUT2D eigenvalue weighted by atomic mass is 10.0. The van der Waals surface area contributed by atoms with Crippen LogP contribution >= 0.6 is 7.60 Å². The number of hydrogen-bond donors (Lipinski definition) is 2. The zero-order valence-corrected chi connectivity index (χ0v) is 23.0. The summed E-state index contributed by atoms with van der Waals surface area (Å²) in [6, 6.07) is 0. The number of nitrogens with zero attached hydrogens (tertiary/aromatic N) is 1. The van der Waals surface area contributed by atoms with Gasteiger partial charge in [0.05, 0.1) is 27.3 Å². The average Bonchev–Trinajstić information content (AvgIpc) is 2.67. The lowest BCUT2D eigenvalue weighted by Gasteiger charge is -2.24. The Morgan fingerprint density at radius 3 is 1.79 bits per heavy atom. The zero-order valence-electron chi connectivity index (χ0n) is 21.3.